The molecule has 0 heterocycles. The molecular formula is C14H19BrClFO3S. The average Bonchev–Trinajstić information content (AvgIpc) is 2.39. The van der Waals surface area contributed by atoms with Gasteiger partial charge in [0.05, 0.1) is 11.1 Å². The average molecular weight is 402 g/mol. The first-order valence-corrected chi connectivity index (χ1v) is 10.0. The smallest absolute Gasteiger partial charge is 0.264 e. The van der Waals surface area contributed by atoms with Crippen molar-refractivity contribution in [1.82, 2.24) is 0 Å². The molecule has 1 aromatic carbocycles. The fourth-order valence-electron chi connectivity index (χ4n) is 1.87. The second kappa shape index (κ2) is 8.96. The van der Waals surface area contributed by atoms with E-state index in [2.05, 4.69) is 22.9 Å². The number of hydrogen-bond acceptors (Lipinski definition) is 3. The first-order valence-electron chi connectivity index (χ1n) is 6.92. The highest BCUT2D eigenvalue weighted by Crippen LogP contribution is 2.31. The highest BCUT2D eigenvalue weighted by Gasteiger charge is 2.19. The standard InChI is InChI=1S/C14H19BrClFO3S/c1-2-3-4-5-6-7-8-20-13-10-12(17)14(9-11(13)15)21(16,18)19/h9-10H,2-8H2,1H3. The maximum absolute atomic E-state index is 13.7. The third kappa shape index (κ3) is 6.53. The molecule has 120 valence electrons. The molecule has 0 atom stereocenters. The van der Waals surface area contributed by atoms with E-state index in [4.69, 9.17) is 15.4 Å². The highest BCUT2D eigenvalue weighted by molar-refractivity contribution is 9.10. The largest absolute Gasteiger partial charge is 0.492 e. The summed E-state index contributed by atoms with van der Waals surface area (Å²) in [5, 5.41) is 0. The predicted octanol–water partition coefficient (Wildman–Crippen LogP) is 5.26. The minimum absolute atomic E-state index is 0.283. The Morgan fingerprint density at radius 1 is 1.19 bits per heavy atom. The van der Waals surface area contributed by atoms with Crippen LogP contribution in [0.1, 0.15) is 45.4 Å². The monoisotopic (exact) mass is 400 g/mol. The van der Waals surface area contributed by atoms with E-state index >= 15 is 0 Å². The second-order valence-corrected chi connectivity index (χ2v) is 8.16. The first kappa shape index (κ1) is 18.7. The van der Waals surface area contributed by atoms with Crippen molar-refractivity contribution < 1.29 is 17.5 Å². The van der Waals surface area contributed by atoms with Crippen molar-refractivity contribution in [2.45, 2.75) is 50.3 Å². The number of benzene rings is 1. The molecule has 3 nitrogen and oxygen atoms in total. The molecule has 21 heavy (non-hydrogen) atoms. The minimum Gasteiger partial charge on any atom is -0.492 e. The molecule has 1 aromatic rings. The fourth-order valence-corrected chi connectivity index (χ4v) is 3.39. The van der Waals surface area contributed by atoms with Gasteiger partial charge in [-0.05, 0) is 28.4 Å². The van der Waals surface area contributed by atoms with E-state index in [1.165, 1.54) is 19.3 Å². The molecule has 0 N–H and O–H groups in total. The number of halogens is 3. The molecule has 0 bridgehead atoms. The van der Waals surface area contributed by atoms with Gasteiger partial charge in [0, 0.05) is 16.7 Å². The van der Waals surface area contributed by atoms with Gasteiger partial charge in [-0.2, -0.15) is 0 Å². The Bertz CT molecular complexity index is 564. The van der Waals surface area contributed by atoms with E-state index in [1.54, 1.807) is 0 Å². The van der Waals surface area contributed by atoms with Crippen LogP contribution in [0, 0.1) is 5.82 Å². The fraction of sp³-hybridized carbons (Fsp3) is 0.571. The van der Waals surface area contributed by atoms with Crippen LogP contribution in [0.15, 0.2) is 21.5 Å². The van der Waals surface area contributed by atoms with Crippen molar-refractivity contribution in [3.8, 4) is 5.75 Å². The lowest BCUT2D eigenvalue weighted by molar-refractivity contribution is 0.300. The summed E-state index contributed by atoms with van der Waals surface area (Å²) >= 11 is 3.16. The number of unbranched alkanes of at least 4 members (excludes halogenated alkanes) is 5. The molecule has 0 aliphatic rings. The quantitative estimate of drug-likeness (QED) is 0.419. The molecule has 0 aliphatic heterocycles. The number of hydrogen-bond donors (Lipinski definition) is 0. The molecular weight excluding hydrogens is 383 g/mol. The van der Waals surface area contributed by atoms with Gasteiger partial charge >= 0.3 is 0 Å². The summed E-state index contributed by atoms with van der Waals surface area (Å²) in [5.74, 6) is -0.628. The summed E-state index contributed by atoms with van der Waals surface area (Å²) < 4.78 is 41.8. The molecule has 7 heteroatoms. The minimum atomic E-state index is -4.10. The Morgan fingerprint density at radius 2 is 1.81 bits per heavy atom. The summed E-state index contributed by atoms with van der Waals surface area (Å²) in [6.45, 7) is 2.64. The Hall–Kier alpha value is -0.330. The van der Waals surface area contributed by atoms with Crippen molar-refractivity contribution in [3.05, 3.63) is 22.4 Å². The molecule has 0 spiro atoms. The van der Waals surface area contributed by atoms with E-state index in [1.807, 2.05) is 0 Å². The van der Waals surface area contributed by atoms with Crippen LogP contribution < -0.4 is 4.74 Å². The molecule has 0 amide bonds. The van der Waals surface area contributed by atoms with Crippen LogP contribution >= 0.6 is 26.6 Å². The zero-order valence-corrected chi connectivity index (χ0v) is 15.0. The van der Waals surface area contributed by atoms with Crippen molar-refractivity contribution >= 4 is 35.7 Å². The van der Waals surface area contributed by atoms with Crippen LogP contribution in [-0.2, 0) is 9.05 Å². The van der Waals surface area contributed by atoms with Gasteiger partial charge in [-0.1, -0.05) is 39.0 Å². The Kier molecular flexibility index (Phi) is 7.98. The van der Waals surface area contributed by atoms with Crippen LogP contribution in [0.25, 0.3) is 0 Å². The van der Waals surface area contributed by atoms with E-state index in [-0.39, 0.29) is 5.75 Å². The zero-order chi connectivity index (χ0) is 15.9. The van der Waals surface area contributed by atoms with Crippen LogP contribution in [-0.4, -0.2) is 15.0 Å². The van der Waals surface area contributed by atoms with Crippen molar-refractivity contribution in [1.29, 1.82) is 0 Å². The van der Waals surface area contributed by atoms with Gasteiger partial charge in [0.1, 0.15) is 16.5 Å². The Labute approximate surface area is 138 Å². The number of ether oxygens (including phenoxy) is 1. The van der Waals surface area contributed by atoms with Gasteiger partial charge in [0.2, 0.25) is 0 Å². The predicted molar refractivity (Wildman–Crippen MR) is 86.0 cm³/mol. The Morgan fingerprint density at radius 3 is 2.43 bits per heavy atom. The van der Waals surface area contributed by atoms with Crippen LogP contribution in [0.3, 0.4) is 0 Å². The summed E-state index contributed by atoms with van der Waals surface area (Å²) in [5.41, 5.74) is 0. The summed E-state index contributed by atoms with van der Waals surface area (Å²) in [6, 6.07) is 2.16. The maximum Gasteiger partial charge on any atom is 0.264 e. The summed E-state index contributed by atoms with van der Waals surface area (Å²) in [7, 11) is 1.05. The topological polar surface area (TPSA) is 43.4 Å². The lowest BCUT2D eigenvalue weighted by Gasteiger charge is -2.10. The van der Waals surface area contributed by atoms with Crippen molar-refractivity contribution in [2.24, 2.45) is 0 Å². The normalized spacial score (nSPS) is 11.6. The van der Waals surface area contributed by atoms with E-state index < -0.39 is 19.8 Å². The van der Waals surface area contributed by atoms with E-state index in [9.17, 15) is 12.8 Å². The molecule has 0 aliphatic carbocycles. The van der Waals surface area contributed by atoms with Crippen LogP contribution in [0.2, 0.25) is 0 Å². The van der Waals surface area contributed by atoms with Gasteiger partial charge in [-0.25, -0.2) is 12.8 Å². The van der Waals surface area contributed by atoms with Gasteiger partial charge in [-0.3, -0.25) is 0 Å². The zero-order valence-electron chi connectivity index (χ0n) is 11.9. The van der Waals surface area contributed by atoms with Crippen molar-refractivity contribution in [3.63, 3.8) is 0 Å². The van der Waals surface area contributed by atoms with Crippen molar-refractivity contribution in [2.75, 3.05) is 6.61 Å². The third-order valence-electron chi connectivity index (χ3n) is 3.00. The molecule has 1 rings (SSSR count). The first-order chi connectivity index (χ1) is 9.86. The maximum atomic E-state index is 13.7. The SMILES string of the molecule is CCCCCCCCOc1cc(F)c(S(=O)(=O)Cl)cc1Br. The third-order valence-corrected chi connectivity index (χ3v) is 4.96. The number of rotatable bonds is 9. The van der Waals surface area contributed by atoms with E-state index in [0.717, 1.165) is 31.4 Å². The Balaban J connectivity index is 2.52. The lowest BCUT2D eigenvalue weighted by Crippen LogP contribution is -2.01. The molecule has 0 unspecified atom stereocenters. The molecule has 0 radical (unpaired) electrons. The summed E-state index contributed by atoms with van der Waals surface area (Å²) in [4.78, 5) is -0.553. The summed E-state index contributed by atoms with van der Waals surface area (Å²) in [6.07, 6.45) is 6.78. The molecule has 0 fully saturated rings. The van der Waals surface area contributed by atoms with Gasteiger partial charge in [0.25, 0.3) is 9.05 Å². The van der Waals surface area contributed by atoms with Gasteiger partial charge < -0.3 is 4.74 Å². The molecule has 0 aromatic heterocycles. The van der Waals surface area contributed by atoms with E-state index in [0.29, 0.717) is 11.1 Å². The van der Waals surface area contributed by atoms with Gasteiger partial charge in [0.15, 0.2) is 0 Å². The van der Waals surface area contributed by atoms with Crippen LogP contribution in [0.4, 0.5) is 4.39 Å². The molecule has 0 saturated carbocycles. The second-order valence-electron chi connectivity index (χ2n) is 4.77. The lowest BCUT2D eigenvalue weighted by atomic mass is 10.1. The van der Waals surface area contributed by atoms with Gasteiger partial charge in [-0.15, -0.1) is 0 Å². The van der Waals surface area contributed by atoms with Crippen LogP contribution in [0.5, 0.6) is 5.75 Å². The highest BCUT2D eigenvalue weighted by atomic mass is 79.9. The molecule has 0 saturated heterocycles.